The molecule has 1 saturated heterocycles. The van der Waals surface area contributed by atoms with Crippen molar-refractivity contribution >= 4 is 11.8 Å². The molecule has 2 amide bonds. The molecule has 3 N–H and O–H groups in total. The Labute approximate surface area is 137 Å². The summed E-state index contributed by atoms with van der Waals surface area (Å²) in [6, 6.07) is 1.36. The fraction of sp³-hybridized carbons (Fsp3) is 0.588. The lowest BCUT2D eigenvalue weighted by molar-refractivity contribution is -0.133. The number of likely N-dealkylation sites (tertiary alicyclic amines) is 1. The van der Waals surface area contributed by atoms with Crippen LogP contribution >= 0.6 is 0 Å². The lowest BCUT2D eigenvalue weighted by Crippen LogP contribution is -2.49. The number of piperidine rings is 1. The van der Waals surface area contributed by atoms with Crippen molar-refractivity contribution in [2.24, 2.45) is 11.7 Å². The molecule has 1 fully saturated rings. The van der Waals surface area contributed by atoms with Crippen LogP contribution in [0.1, 0.15) is 42.6 Å². The Hall–Kier alpha value is -1.95. The van der Waals surface area contributed by atoms with Gasteiger partial charge in [0.25, 0.3) is 5.91 Å². The van der Waals surface area contributed by atoms with Gasteiger partial charge in [0.15, 0.2) is 0 Å². The summed E-state index contributed by atoms with van der Waals surface area (Å²) in [5.41, 5.74) is 7.19. The molecule has 1 aliphatic heterocycles. The molecular weight excluding hydrogens is 292 g/mol. The predicted octanol–water partition coefficient (Wildman–Crippen LogP) is 1.09. The monoisotopic (exact) mass is 318 g/mol. The van der Waals surface area contributed by atoms with Gasteiger partial charge in [0.1, 0.15) is 0 Å². The summed E-state index contributed by atoms with van der Waals surface area (Å²) in [5.74, 6) is 0.317. The maximum absolute atomic E-state index is 12.4. The van der Waals surface area contributed by atoms with E-state index in [1.165, 1.54) is 0 Å². The largest absolute Gasteiger partial charge is 0.349 e. The van der Waals surface area contributed by atoms with E-state index in [9.17, 15) is 9.59 Å². The molecule has 1 unspecified atom stereocenters. The minimum Gasteiger partial charge on any atom is -0.349 e. The second-order valence-corrected chi connectivity index (χ2v) is 6.40. The van der Waals surface area contributed by atoms with Gasteiger partial charge in [-0.05, 0) is 51.2 Å². The van der Waals surface area contributed by atoms with Crippen molar-refractivity contribution in [3.63, 3.8) is 0 Å². The van der Waals surface area contributed by atoms with Gasteiger partial charge in [-0.1, -0.05) is 0 Å². The molecule has 0 spiro atoms. The van der Waals surface area contributed by atoms with Crippen LogP contribution in [0.15, 0.2) is 18.5 Å². The normalized spacial score (nSPS) is 18.3. The van der Waals surface area contributed by atoms with E-state index in [1.807, 2.05) is 18.7 Å². The number of hydrogen-bond donors (Lipinski definition) is 2. The molecule has 6 nitrogen and oxygen atoms in total. The molecule has 0 aliphatic carbocycles. The number of carbonyl (C=O) groups excluding carboxylic acids is 2. The molecule has 0 saturated carbocycles. The first-order valence-corrected chi connectivity index (χ1v) is 8.16. The van der Waals surface area contributed by atoms with Crippen molar-refractivity contribution in [3.05, 3.63) is 29.6 Å². The van der Waals surface area contributed by atoms with Crippen molar-refractivity contribution in [2.45, 2.75) is 45.7 Å². The summed E-state index contributed by atoms with van der Waals surface area (Å²) in [6.45, 7) is 7.04. The van der Waals surface area contributed by atoms with Crippen LogP contribution in [0, 0.1) is 12.8 Å². The Kier molecular flexibility index (Phi) is 5.71. The minimum absolute atomic E-state index is 0.00699. The van der Waals surface area contributed by atoms with Crippen LogP contribution in [0.2, 0.25) is 0 Å². The van der Waals surface area contributed by atoms with Gasteiger partial charge in [-0.25, -0.2) is 0 Å². The van der Waals surface area contributed by atoms with Crippen LogP contribution in [0.25, 0.3) is 0 Å². The van der Waals surface area contributed by atoms with E-state index in [0.29, 0.717) is 24.6 Å². The van der Waals surface area contributed by atoms with E-state index in [4.69, 9.17) is 5.73 Å². The maximum atomic E-state index is 12.4. The third-order valence-electron chi connectivity index (χ3n) is 4.57. The Morgan fingerprint density at radius 2 is 2.00 bits per heavy atom. The van der Waals surface area contributed by atoms with Crippen molar-refractivity contribution < 1.29 is 9.59 Å². The Balaban J connectivity index is 1.88. The van der Waals surface area contributed by atoms with Gasteiger partial charge in [-0.2, -0.15) is 0 Å². The van der Waals surface area contributed by atoms with Gasteiger partial charge in [0.2, 0.25) is 5.91 Å². The van der Waals surface area contributed by atoms with Crippen LogP contribution in [0.3, 0.4) is 0 Å². The van der Waals surface area contributed by atoms with Gasteiger partial charge < -0.3 is 16.0 Å². The molecule has 1 aromatic rings. The van der Waals surface area contributed by atoms with Crippen molar-refractivity contribution in [2.75, 3.05) is 13.1 Å². The molecular formula is C17H26N4O2. The number of aromatic nitrogens is 1. The highest BCUT2D eigenvalue weighted by molar-refractivity contribution is 5.95. The number of aryl methyl sites for hydroxylation is 1. The Morgan fingerprint density at radius 3 is 2.57 bits per heavy atom. The second-order valence-electron chi connectivity index (χ2n) is 6.40. The van der Waals surface area contributed by atoms with Crippen LogP contribution in [-0.2, 0) is 4.79 Å². The quantitative estimate of drug-likeness (QED) is 0.870. The van der Waals surface area contributed by atoms with E-state index in [1.54, 1.807) is 25.4 Å². The predicted molar refractivity (Wildman–Crippen MR) is 88.9 cm³/mol. The first kappa shape index (κ1) is 17.4. The van der Waals surface area contributed by atoms with Crippen molar-refractivity contribution in [1.82, 2.24) is 15.2 Å². The van der Waals surface area contributed by atoms with Crippen LogP contribution < -0.4 is 11.1 Å². The van der Waals surface area contributed by atoms with Crippen LogP contribution in [-0.4, -0.2) is 46.9 Å². The standard InChI is InChI=1S/C17H26N4O2/c1-11-10-19-7-4-15(11)16(22)20-13(3)14-5-8-21(9-6-14)17(23)12(2)18/h4,7,10,12-14H,5-6,8-9,18H2,1-3H3,(H,20,22)/t12-,13?/m0/s1. The minimum atomic E-state index is -0.446. The van der Waals surface area contributed by atoms with E-state index in [-0.39, 0.29) is 17.9 Å². The number of hydrogen-bond acceptors (Lipinski definition) is 4. The lowest BCUT2D eigenvalue weighted by Gasteiger charge is -2.35. The van der Waals surface area contributed by atoms with E-state index >= 15 is 0 Å². The third-order valence-corrected chi connectivity index (χ3v) is 4.57. The van der Waals surface area contributed by atoms with Gasteiger partial charge >= 0.3 is 0 Å². The molecule has 6 heteroatoms. The summed E-state index contributed by atoms with van der Waals surface area (Å²) < 4.78 is 0. The molecule has 0 bridgehead atoms. The van der Waals surface area contributed by atoms with E-state index in [0.717, 1.165) is 18.4 Å². The number of amides is 2. The highest BCUT2D eigenvalue weighted by atomic mass is 16.2. The van der Waals surface area contributed by atoms with Crippen LogP contribution in [0.5, 0.6) is 0 Å². The molecule has 1 aliphatic rings. The molecule has 23 heavy (non-hydrogen) atoms. The zero-order valence-corrected chi connectivity index (χ0v) is 14.1. The first-order valence-electron chi connectivity index (χ1n) is 8.16. The molecule has 2 rings (SSSR count). The molecule has 0 radical (unpaired) electrons. The topological polar surface area (TPSA) is 88.3 Å². The molecule has 126 valence electrons. The number of rotatable bonds is 4. The molecule has 2 heterocycles. The zero-order chi connectivity index (χ0) is 17.0. The highest BCUT2D eigenvalue weighted by Crippen LogP contribution is 2.21. The van der Waals surface area contributed by atoms with E-state index in [2.05, 4.69) is 10.3 Å². The van der Waals surface area contributed by atoms with Crippen molar-refractivity contribution in [1.29, 1.82) is 0 Å². The number of nitrogens with two attached hydrogens (primary N) is 1. The van der Waals surface area contributed by atoms with Gasteiger partial charge in [0.05, 0.1) is 6.04 Å². The maximum Gasteiger partial charge on any atom is 0.251 e. The summed E-state index contributed by atoms with van der Waals surface area (Å²) in [6.07, 6.45) is 5.09. The number of carbonyl (C=O) groups is 2. The smallest absolute Gasteiger partial charge is 0.251 e. The van der Waals surface area contributed by atoms with Crippen molar-refractivity contribution in [3.8, 4) is 0 Å². The second kappa shape index (κ2) is 7.55. The number of nitrogens with zero attached hydrogens (tertiary/aromatic N) is 2. The SMILES string of the molecule is Cc1cnccc1C(=O)NC(C)C1CCN(C(=O)[C@H](C)N)CC1. The molecule has 2 atom stereocenters. The Morgan fingerprint density at radius 1 is 1.35 bits per heavy atom. The summed E-state index contributed by atoms with van der Waals surface area (Å²) in [7, 11) is 0. The third kappa shape index (κ3) is 4.28. The average Bonchev–Trinajstić information content (AvgIpc) is 2.54. The number of nitrogens with one attached hydrogen (secondary N) is 1. The zero-order valence-electron chi connectivity index (χ0n) is 14.1. The summed E-state index contributed by atoms with van der Waals surface area (Å²) in [4.78, 5) is 30.1. The van der Waals surface area contributed by atoms with E-state index < -0.39 is 6.04 Å². The fourth-order valence-electron chi connectivity index (χ4n) is 3.04. The van der Waals surface area contributed by atoms with Gasteiger partial charge in [-0.15, -0.1) is 0 Å². The summed E-state index contributed by atoms with van der Waals surface area (Å²) in [5, 5.41) is 3.08. The molecule has 0 aromatic carbocycles. The fourth-order valence-corrected chi connectivity index (χ4v) is 3.04. The number of pyridine rings is 1. The first-order chi connectivity index (χ1) is 10.9. The van der Waals surface area contributed by atoms with Crippen LogP contribution in [0.4, 0.5) is 0 Å². The Bertz CT molecular complexity index is 565. The molecule has 1 aromatic heterocycles. The lowest BCUT2D eigenvalue weighted by atomic mass is 9.90. The summed E-state index contributed by atoms with van der Waals surface area (Å²) >= 11 is 0. The van der Waals surface area contributed by atoms with Gasteiger partial charge in [0, 0.05) is 37.1 Å². The van der Waals surface area contributed by atoms with Gasteiger partial charge in [-0.3, -0.25) is 14.6 Å². The highest BCUT2D eigenvalue weighted by Gasteiger charge is 2.28. The average molecular weight is 318 g/mol.